The molecule has 3 aromatic carbocycles. The summed E-state index contributed by atoms with van der Waals surface area (Å²) in [7, 11) is 0. The number of rotatable bonds is 6. The van der Waals surface area contributed by atoms with E-state index in [-0.39, 0.29) is 18.0 Å². The molecule has 0 saturated heterocycles. The highest BCUT2D eigenvalue weighted by molar-refractivity contribution is 6.05. The third kappa shape index (κ3) is 3.62. The lowest BCUT2D eigenvalue weighted by Gasteiger charge is -2.16. The Morgan fingerprint density at radius 1 is 0.969 bits per heavy atom. The average Bonchev–Trinajstić information content (AvgIpc) is 3.29. The van der Waals surface area contributed by atoms with Gasteiger partial charge in [0, 0.05) is 6.54 Å². The Morgan fingerprint density at radius 3 is 2.50 bits per heavy atom. The summed E-state index contributed by atoms with van der Waals surface area (Å²) in [6.45, 7) is 0.456. The number of fused-ring (bicyclic) bond motifs is 3. The van der Waals surface area contributed by atoms with E-state index in [2.05, 4.69) is 10.3 Å². The molecule has 2 amide bonds. The third-order valence-electron chi connectivity index (χ3n) is 5.67. The van der Waals surface area contributed by atoms with Crippen LogP contribution in [0.15, 0.2) is 78.9 Å². The van der Waals surface area contributed by atoms with E-state index in [0.717, 1.165) is 16.6 Å². The number of hydrogen-bond donors (Lipinski definition) is 1. The van der Waals surface area contributed by atoms with Crippen LogP contribution in [0.4, 0.5) is 16.0 Å². The molecule has 0 radical (unpaired) electrons. The fourth-order valence-corrected chi connectivity index (χ4v) is 4.13. The van der Waals surface area contributed by atoms with Gasteiger partial charge in [0.25, 0.3) is 5.91 Å². The first-order chi connectivity index (χ1) is 15.6. The lowest BCUT2D eigenvalue weighted by molar-refractivity contribution is -0.124. The summed E-state index contributed by atoms with van der Waals surface area (Å²) in [5.41, 5.74) is 2.77. The van der Waals surface area contributed by atoms with Crippen LogP contribution < -0.4 is 10.2 Å². The summed E-state index contributed by atoms with van der Waals surface area (Å²) < 4.78 is 15.8. The van der Waals surface area contributed by atoms with E-state index in [9.17, 15) is 14.0 Å². The molecule has 4 aromatic rings. The second kappa shape index (κ2) is 8.26. The smallest absolute Gasteiger partial charge is 0.253 e. The van der Waals surface area contributed by atoms with Crippen LogP contribution >= 0.6 is 0 Å². The molecule has 0 fully saturated rings. The van der Waals surface area contributed by atoms with Crippen LogP contribution in [0, 0.1) is 5.82 Å². The summed E-state index contributed by atoms with van der Waals surface area (Å²) in [6.07, 6.45) is 0.562. The van der Waals surface area contributed by atoms with Crippen molar-refractivity contribution >= 4 is 34.5 Å². The molecule has 1 aliphatic heterocycles. The predicted molar refractivity (Wildman–Crippen MR) is 121 cm³/mol. The van der Waals surface area contributed by atoms with Crippen molar-refractivity contribution in [2.45, 2.75) is 18.9 Å². The Kier molecular flexibility index (Phi) is 5.15. The number of imidazole rings is 1. The number of aromatic nitrogens is 2. The van der Waals surface area contributed by atoms with E-state index in [1.807, 2.05) is 59.2 Å². The van der Waals surface area contributed by atoms with Crippen molar-refractivity contribution in [1.29, 1.82) is 0 Å². The Morgan fingerprint density at radius 2 is 1.69 bits per heavy atom. The molecule has 1 aliphatic rings. The third-order valence-corrected chi connectivity index (χ3v) is 5.67. The van der Waals surface area contributed by atoms with Crippen molar-refractivity contribution in [2.24, 2.45) is 0 Å². The van der Waals surface area contributed by atoms with Gasteiger partial charge in [-0.25, -0.2) is 9.37 Å². The summed E-state index contributed by atoms with van der Waals surface area (Å²) in [4.78, 5) is 32.4. The highest BCUT2D eigenvalue weighted by atomic mass is 19.1. The molecule has 160 valence electrons. The Balaban J connectivity index is 1.43. The highest BCUT2D eigenvalue weighted by Gasteiger charge is 2.40. The average molecular weight is 428 g/mol. The molecule has 0 aliphatic carbocycles. The van der Waals surface area contributed by atoms with Gasteiger partial charge in [-0.15, -0.1) is 0 Å². The van der Waals surface area contributed by atoms with Crippen LogP contribution in [0.25, 0.3) is 11.0 Å². The molecule has 5 rings (SSSR count). The summed E-state index contributed by atoms with van der Waals surface area (Å²) in [5.74, 6) is -0.590. The molecular formula is C25H21FN4O2. The zero-order chi connectivity index (χ0) is 22.1. The molecule has 2 heterocycles. The molecule has 1 N–H and O–H groups in total. The van der Waals surface area contributed by atoms with E-state index < -0.39 is 17.8 Å². The number of hydrogen-bond acceptors (Lipinski definition) is 3. The zero-order valence-electron chi connectivity index (χ0n) is 17.2. The second-order valence-corrected chi connectivity index (χ2v) is 7.74. The lowest BCUT2D eigenvalue weighted by atomic mass is 10.1. The quantitative estimate of drug-likeness (QED) is 0.497. The highest BCUT2D eigenvalue weighted by Crippen LogP contribution is 2.36. The fraction of sp³-hybridized carbons (Fsp3) is 0.160. The Hall–Kier alpha value is -4.00. The largest absolute Gasteiger partial charge is 0.324 e. The number of anilines is 2. The fourth-order valence-electron chi connectivity index (χ4n) is 4.13. The Labute approximate surface area is 184 Å². The van der Waals surface area contributed by atoms with Crippen molar-refractivity contribution < 1.29 is 14.0 Å². The minimum Gasteiger partial charge on any atom is -0.324 e. The van der Waals surface area contributed by atoms with Gasteiger partial charge < -0.3 is 5.32 Å². The summed E-state index contributed by atoms with van der Waals surface area (Å²) in [5, 5.41) is 2.58. The first-order valence-electron chi connectivity index (χ1n) is 10.5. The molecule has 0 bridgehead atoms. The molecule has 6 nitrogen and oxygen atoms in total. The van der Waals surface area contributed by atoms with Crippen molar-refractivity contribution in [3.63, 3.8) is 0 Å². The van der Waals surface area contributed by atoms with Gasteiger partial charge >= 0.3 is 0 Å². The molecule has 0 spiro atoms. The number of benzene rings is 3. The van der Waals surface area contributed by atoms with E-state index in [4.69, 9.17) is 0 Å². The van der Waals surface area contributed by atoms with Crippen LogP contribution in [-0.2, 0) is 16.0 Å². The van der Waals surface area contributed by atoms with Crippen molar-refractivity contribution in [2.75, 3.05) is 16.8 Å². The standard InChI is InChI=1S/C25H21FN4O2/c26-18-10-4-5-11-19(18)27-23(31)16-22-24(32)29(15-14-17-8-2-1-3-9-17)25-28-20-12-6-7-13-21(20)30(22)25/h1-13,22H,14-16H2,(H,27,31)/t22-/m0/s1. The topological polar surface area (TPSA) is 67.2 Å². The van der Waals surface area contributed by atoms with Gasteiger partial charge in [-0.1, -0.05) is 54.6 Å². The minimum atomic E-state index is -0.736. The first-order valence-corrected chi connectivity index (χ1v) is 10.5. The van der Waals surface area contributed by atoms with Gasteiger partial charge in [0.1, 0.15) is 11.9 Å². The number of nitrogens with one attached hydrogen (secondary N) is 1. The van der Waals surface area contributed by atoms with E-state index >= 15 is 0 Å². The number of halogens is 1. The lowest BCUT2D eigenvalue weighted by Crippen LogP contribution is -2.33. The Bertz CT molecular complexity index is 1300. The van der Waals surface area contributed by atoms with Gasteiger partial charge in [0.2, 0.25) is 11.9 Å². The van der Waals surface area contributed by atoms with Crippen LogP contribution in [0.5, 0.6) is 0 Å². The van der Waals surface area contributed by atoms with Gasteiger partial charge in [0.05, 0.1) is 23.1 Å². The molecule has 7 heteroatoms. The maximum absolute atomic E-state index is 14.0. The summed E-state index contributed by atoms with van der Waals surface area (Å²) >= 11 is 0. The number of amides is 2. The van der Waals surface area contributed by atoms with Crippen molar-refractivity contribution in [3.8, 4) is 0 Å². The number of nitrogens with zero attached hydrogens (tertiary/aromatic N) is 3. The van der Waals surface area contributed by atoms with E-state index in [0.29, 0.717) is 18.9 Å². The van der Waals surface area contributed by atoms with Crippen LogP contribution in [0.1, 0.15) is 18.0 Å². The molecule has 32 heavy (non-hydrogen) atoms. The predicted octanol–water partition coefficient (Wildman–Crippen LogP) is 4.33. The van der Waals surface area contributed by atoms with Gasteiger partial charge in [0.15, 0.2) is 0 Å². The molecule has 1 aromatic heterocycles. The summed E-state index contributed by atoms with van der Waals surface area (Å²) in [6, 6.07) is 22.7. The van der Waals surface area contributed by atoms with Gasteiger partial charge in [-0.2, -0.15) is 0 Å². The normalized spacial score (nSPS) is 15.2. The molecular weight excluding hydrogens is 407 g/mol. The molecule has 0 unspecified atom stereocenters. The van der Waals surface area contributed by atoms with E-state index in [1.165, 1.54) is 12.1 Å². The number of carbonyl (C=O) groups is 2. The molecule has 1 atom stereocenters. The first kappa shape index (κ1) is 19.9. The monoisotopic (exact) mass is 428 g/mol. The van der Waals surface area contributed by atoms with E-state index in [1.54, 1.807) is 17.0 Å². The maximum Gasteiger partial charge on any atom is 0.253 e. The number of para-hydroxylation sites is 3. The zero-order valence-corrected chi connectivity index (χ0v) is 17.2. The van der Waals surface area contributed by atoms with Crippen molar-refractivity contribution in [3.05, 3.63) is 90.2 Å². The minimum absolute atomic E-state index is 0.0968. The van der Waals surface area contributed by atoms with Gasteiger partial charge in [-0.05, 0) is 36.2 Å². The van der Waals surface area contributed by atoms with Crippen LogP contribution in [0.3, 0.4) is 0 Å². The van der Waals surface area contributed by atoms with Crippen LogP contribution in [-0.4, -0.2) is 27.9 Å². The van der Waals surface area contributed by atoms with Gasteiger partial charge in [-0.3, -0.25) is 19.1 Å². The number of carbonyl (C=O) groups excluding carboxylic acids is 2. The molecule has 0 saturated carbocycles. The second-order valence-electron chi connectivity index (χ2n) is 7.74. The maximum atomic E-state index is 14.0. The van der Waals surface area contributed by atoms with Crippen molar-refractivity contribution in [1.82, 2.24) is 9.55 Å². The SMILES string of the molecule is O=C(C[C@H]1C(=O)N(CCc2ccccc2)c2nc3ccccc3n21)Nc1ccccc1F. The van der Waals surface area contributed by atoms with Crippen LogP contribution in [0.2, 0.25) is 0 Å².